The predicted octanol–water partition coefficient (Wildman–Crippen LogP) is 2.52. The molecule has 0 bridgehead atoms. The highest BCUT2D eigenvalue weighted by molar-refractivity contribution is 6.00. The molecule has 0 aromatic heterocycles. The molecule has 0 heterocycles. The fraction of sp³-hybridized carbons (Fsp3) is 0.417. The standard InChI is InChI=1S/C12H15F2NO/c1-3-12(2,7-15)11(16)8-4-5-9(13)10(14)6-8/h4-6H,3,7,15H2,1-2H3. The first-order valence-electron chi connectivity index (χ1n) is 5.14. The van der Waals surface area contributed by atoms with E-state index in [1.807, 2.05) is 6.92 Å². The maximum atomic E-state index is 13.0. The topological polar surface area (TPSA) is 43.1 Å². The van der Waals surface area contributed by atoms with Gasteiger partial charge in [0.1, 0.15) is 0 Å². The maximum Gasteiger partial charge on any atom is 0.170 e. The summed E-state index contributed by atoms with van der Waals surface area (Å²) in [7, 11) is 0. The molecule has 2 nitrogen and oxygen atoms in total. The van der Waals surface area contributed by atoms with Gasteiger partial charge >= 0.3 is 0 Å². The second-order valence-electron chi connectivity index (χ2n) is 4.08. The zero-order chi connectivity index (χ0) is 12.3. The lowest BCUT2D eigenvalue weighted by Gasteiger charge is -2.24. The van der Waals surface area contributed by atoms with Crippen molar-refractivity contribution >= 4 is 5.78 Å². The number of nitrogens with two attached hydrogens (primary N) is 1. The normalized spacial score (nSPS) is 14.6. The highest BCUT2D eigenvalue weighted by Gasteiger charge is 2.30. The molecule has 2 N–H and O–H groups in total. The molecule has 88 valence electrons. The van der Waals surface area contributed by atoms with Crippen molar-refractivity contribution in [1.82, 2.24) is 0 Å². The summed E-state index contributed by atoms with van der Waals surface area (Å²) in [5.74, 6) is -2.22. The Kier molecular flexibility index (Phi) is 3.75. The van der Waals surface area contributed by atoms with Gasteiger partial charge in [0, 0.05) is 17.5 Å². The predicted molar refractivity (Wildman–Crippen MR) is 58.1 cm³/mol. The zero-order valence-corrected chi connectivity index (χ0v) is 9.39. The van der Waals surface area contributed by atoms with Gasteiger partial charge in [-0.25, -0.2) is 8.78 Å². The van der Waals surface area contributed by atoms with Gasteiger partial charge in [0.2, 0.25) is 0 Å². The fourth-order valence-corrected chi connectivity index (χ4v) is 1.38. The van der Waals surface area contributed by atoms with Crippen LogP contribution in [-0.4, -0.2) is 12.3 Å². The first-order valence-corrected chi connectivity index (χ1v) is 5.14. The molecule has 0 saturated carbocycles. The van der Waals surface area contributed by atoms with Gasteiger partial charge in [-0.2, -0.15) is 0 Å². The van der Waals surface area contributed by atoms with Crippen LogP contribution in [0.2, 0.25) is 0 Å². The summed E-state index contributed by atoms with van der Waals surface area (Å²) < 4.78 is 25.7. The molecule has 1 atom stereocenters. The van der Waals surface area contributed by atoms with E-state index < -0.39 is 17.0 Å². The van der Waals surface area contributed by atoms with Crippen LogP contribution in [0, 0.1) is 17.0 Å². The van der Waals surface area contributed by atoms with Crippen molar-refractivity contribution in [3.63, 3.8) is 0 Å². The van der Waals surface area contributed by atoms with Crippen LogP contribution in [-0.2, 0) is 0 Å². The van der Waals surface area contributed by atoms with E-state index in [1.54, 1.807) is 6.92 Å². The van der Waals surface area contributed by atoms with Crippen LogP contribution in [0.1, 0.15) is 30.6 Å². The van der Waals surface area contributed by atoms with Crippen molar-refractivity contribution in [2.24, 2.45) is 11.1 Å². The molecule has 0 amide bonds. The van der Waals surface area contributed by atoms with Crippen LogP contribution in [0.4, 0.5) is 8.78 Å². The van der Waals surface area contributed by atoms with Crippen LogP contribution in [0.5, 0.6) is 0 Å². The Morgan fingerprint density at radius 2 is 2.00 bits per heavy atom. The van der Waals surface area contributed by atoms with Gasteiger partial charge in [-0.1, -0.05) is 13.8 Å². The first kappa shape index (κ1) is 12.8. The zero-order valence-electron chi connectivity index (χ0n) is 9.39. The Morgan fingerprint density at radius 1 is 1.38 bits per heavy atom. The summed E-state index contributed by atoms with van der Waals surface area (Å²) >= 11 is 0. The van der Waals surface area contributed by atoms with Crippen molar-refractivity contribution in [3.8, 4) is 0 Å². The molecule has 0 saturated heterocycles. The van der Waals surface area contributed by atoms with E-state index >= 15 is 0 Å². The van der Waals surface area contributed by atoms with E-state index in [0.717, 1.165) is 12.1 Å². The van der Waals surface area contributed by atoms with Crippen LogP contribution >= 0.6 is 0 Å². The number of ketones is 1. The number of halogens is 2. The summed E-state index contributed by atoms with van der Waals surface area (Å²) in [6, 6.07) is 3.15. The third-order valence-electron chi connectivity index (χ3n) is 2.96. The quantitative estimate of drug-likeness (QED) is 0.803. The summed E-state index contributed by atoms with van der Waals surface area (Å²) in [4.78, 5) is 12.0. The minimum absolute atomic E-state index is 0.161. The summed E-state index contributed by atoms with van der Waals surface area (Å²) in [6.07, 6.45) is 0.557. The molecule has 0 aliphatic heterocycles. The molecule has 4 heteroatoms. The van der Waals surface area contributed by atoms with Crippen LogP contribution < -0.4 is 5.73 Å². The van der Waals surface area contributed by atoms with Gasteiger partial charge in [-0.05, 0) is 24.6 Å². The van der Waals surface area contributed by atoms with Gasteiger partial charge in [-0.3, -0.25) is 4.79 Å². The lowest BCUT2D eigenvalue weighted by atomic mass is 9.80. The molecular weight excluding hydrogens is 212 g/mol. The Morgan fingerprint density at radius 3 is 2.44 bits per heavy atom. The molecule has 0 spiro atoms. The summed E-state index contributed by atoms with van der Waals surface area (Å²) in [5.41, 5.74) is 4.98. The van der Waals surface area contributed by atoms with Gasteiger partial charge in [0.25, 0.3) is 0 Å². The molecule has 0 fully saturated rings. The number of carbonyl (C=O) groups is 1. The number of carbonyl (C=O) groups excluding carboxylic acids is 1. The van der Waals surface area contributed by atoms with E-state index in [-0.39, 0.29) is 17.9 Å². The Balaban J connectivity index is 3.09. The number of Topliss-reactive ketones (excluding diaryl/α,β-unsaturated/α-hetero) is 1. The monoisotopic (exact) mass is 227 g/mol. The summed E-state index contributed by atoms with van der Waals surface area (Å²) in [5, 5.41) is 0. The van der Waals surface area contributed by atoms with E-state index in [4.69, 9.17) is 5.73 Å². The molecule has 0 aliphatic rings. The van der Waals surface area contributed by atoms with Crippen LogP contribution in [0.15, 0.2) is 18.2 Å². The highest BCUT2D eigenvalue weighted by Crippen LogP contribution is 2.25. The lowest BCUT2D eigenvalue weighted by molar-refractivity contribution is 0.0819. The third kappa shape index (κ3) is 2.27. The van der Waals surface area contributed by atoms with Crippen molar-refractivity contribution in [2.45, 2.75) is 20.3 Å². The second kappa shape index (κ2) is 4.70. The Labute approximate surface area is 93.5 Å². The molecule has 1 aromatic carbocycles. The summed E-state index contributed by atoms with van der Waals surface area (Å²) in [6.45, 7) is 3.74. The van der Waals surface area contributed by atoms with E-state index in [9.17, 15) is 13.6 Å². The number of rotatable bonds is 4. The highest BCUT2D eigenvalue weighted by atomic mass is 19.2. The molecule has 1 rings (SSSR count). The van der Waals surface area contributed by atoms with Gasteiger partial charge < -0.3 is 5.73 Å². The number of benzene rings is 1. The van der Waals surface area contributed by atoms with Crippen LogP contribution in [0.3, 0.4) is 0 Å². The largest absolute Gasteiger partial charge is 0.329 e. The average molecular weight is 227 g/mol. The molecule has 1 unspecified atom stereocenters. The Bertz CT molecular complexity index is 400. The minimum atomic E-state index is -1.01. The van der Waals surface area contributed by atoms with Crippen molar-refractivity contribution in [3.05, 3.63) is 35.4 Å². The van der Waals surface area contributed by atoms with E-state index in [0.29, 0.717) is 6.42 Å². The third-order valence-corrected chi connectivity index (χ3v) is 2.96. The SMILES string of the molecule is CCC(C)(CN)C(=O)c1ccc(F)c(F)c1. The minimum Gasteiger partial charge on any atom is -0.329 e. The molecule has 1 aromatic rings. The van der Waals surface area contributed by atoms with Crippen molar-refractivity contribution in [2.75, 3.05) is 6.54 Å². The smallest absolute Gasteiger partial charge is 0.170 e. The van der Waals surface area contributed by atoms with Gasteiger partial charge in [0.15, 0.2) is 17.4 Å². The number of hydrogen-bond donors (Lipinski definition) is 1. The fourth-order valence-electron chi connectivity index (χ4n) is 1.38. The van der Waals surface area contributed by atoms with Gasteiger partial charge in [-0.15, -0.1) is 0 Å². The van der Waals surface area contributed by atoms with E-state index in [2.05, 4.69) is 0 Å². The average Bonchev–Trinajstić information content (AvgIpc) is 2.30. The number of hydrogen-bond acceptors (Lipinski definition) is 2. The molecular formula is C12H15F2NO. The molecule has 16 heavy (non-hydrogen) atoms. The first-order chi connectivity index (χ1) is 7.44. The molecule has 0 radical (unpaired) electrons. The van der Waals surface area contributed by atoms with Crippen molar-refractivity contribution in [1.29, 1.82) is 0 Å². The lowest BCUT2D eigenvalue weighted by Crippen LogP contribution is -2.35. The Hall–Kier alpha value is -1.29. The maximum absolute atomic E-state index is 13.0. The van der Waals surface area contributed by atoms with Gasteiger partial charge in [0.05, 0.1) is 0 Å². The second-order valence-corrected chi connectivity index (χ2v) is 4.08. The van der Waals surface area contributed by atoms with Crippen LogP contribution in [0.25, 0.3) is 0 Å². The molecule has 0 aliphatic carbocycles. The van der Waals surface area contributed by atoms with E-state index in [1.165, 1.54) is 6.07 Å². The van der Waals surface area contributed by atoms with Crippen molar-refractivity contribution < 1.29 is 13.6 Å².